The molecule has 2 aromatic heterocycles. The van der Waals surface area contributed by atoms with E-state index in [1.54, 1.807) is 6.92 Å². The van der Waals surface area contributed by atoms with Crippen molar-refractivity contribution >= 4 is 16.8 Å². The minimum atomic E-state index is -0.685. The van der Waals surface area contributed by atoms with Crippen molar-refractivity contribution in [3.05, 3.63) is 68.2 Å². The van der Waals surface area contributed by atoms with Gasteiger partial charge < -0.3 is 5.11 Å². The van der Waals surface area contributed by atoms with Crippen molar-refractivity contribution in [3.63, 3.8) is 0 Å². The smallest absolute Gasteiger partial charge is 0.329 e. The van der Waals surface area contributed by atoms with Gasteiger partial charge in [0, 0.05) is 18.3 Å². The van der Waals surface area contributed by atoms with Crippen LogP contribution in [-0.4, -0.2) is 25.4 Å². The van der Waals surface area contributed by atoms with E-state index in [0.29, 0.717) is 0 Å². The molecule has 2 heterocycles. The summed E-state index contributed by atoms with van der Waals surface area (Å²) >= 11 is 0. The van der Waals surface area contributed by atoms with Crippen LogP contribution in [0.5, 0.6) is 5.75 Å². The molecule has 122 valence electrons. The molecule has 0 fully saturated rings. The first kappa shape index (κ1) is 15.6. The van der Waals surface area contributed by atoms with Crippen LogP contribution in [0.1, 0.15) is 22.8 Å². The highest BCUT2D eigenvalue weighted by Gasteiger charge is 2.17. The number of aryl methyl sites for hydroxylation is 1. The molecule has 8 heteroatoms. The van der Waals surface area contributed by atoms with Crippen LogP contribution in [0.15, 0.2) is 40.1 Å². The average Bonchev–Trinajstić information content (AvgIpc) is 2.56. The number of aromatic amines is 1. The monoisotopic (exact) mass is 329 g/mol. The Morgan fingerprint density at radius 2 is 2.08 bits per heavy atom. The van der Waals surface area contributed by atoms with Gasteiger partial charge >= 0.3 is 5.69 Å². The third-order valence-electron chi connectivity index (χ3n) is 3.61. The number of nitrogens with zero attached hydrogens (tertiary/aromatic N) is 2. The highest BCUT2D eigenvalue weighted by atomic mass is 19.1. The molecule has 0 spiro atoms. The van der Waals surface area contributed by atoms with Gasteiger partial charge in [0.25, 0.3) is 5.56 Å². The quantitative estimate of drug-likeness (QED) is 0.702. The van der Waals surface area contributed by atoms with Gasteiger partial charge in [0.2, 0.25) is 0 Å². The van der Waals surface area contributed by atoms with Gasteiger partial charge in [-0.15, -0.1) is 0 Å². The summed E-state index contributed by atoms with van der Waals surface area (Å²) in [6, 6.07) is 4.26. The number of carbonyl (C=O) groups is 1. The van der Waals surface area contributed by atoms with Gasteiger partial charge in [0.05, 0.1) is 10.9 Å². The van der Waals surface area contributed by atoms with Crippen molar-refractivity contribution in [1.29, 1.82) is 0 Å². The Kier molecular flexibility index (Phi) is 3.72. The predicted octanol–water partition coefficient (Wildman–Crippen LogP) is 1.18. The molecular formula is C16H12FN3O4. The number of benzene rings is 1. The van der Waals surface area contributed by atoms with E-state index in [1.807, 2.05) is 0 Å². The van der Waals surface area contributed by atoms with E-state index >= 15 is 0 Å². The summed E-state index contributed by atoms with van der Waals surface area (Å²) in [5.41, 5.74) is -1.37. The number of ketones is 1. The van der Waals surface area contributed by atoms with Crippen LogP contribution in [0, 0.1) is 5.82 Å². The molecule has 7 nitrogen and oxygen atoms in total. The molecule has 2 N–H and O–H groups in total. The Balaban J connectivity index is 2.22. The maximum atomic E-state index is 13.3. The van der Waals surface area contributed by atoms with Crippen LogP contribution in [0.3, 0.4) is 0 Å². The molecule has 0 atom stereocenters. The number of phenolic OH excluding ortho intramolecular Hbond substituents is 1. The normalized spacial score (nSPS) is 10.9. The summed E-state index contributed by atoms with van der Waals surface area (Å²) in [6.45, 7) is 2.00. The molecule has 0 radical (unpaired) electrons. The van der Waals surface area contributed by atoms with E-state index in [2.05, 4.69) is 9.97 Å². The van der Waals surface area contributed by atoms with E-state index in [4.69, 9.17) is 0 Å². The molecule has 0 bridgehead atoms. The molecule has 0 saturated heterocycles. The lowest BCUT2D eigenvalue weighted by atomic mass is 10.0. The molecule has 0 unspecified atom stereocenters. The Hall–Kier alpha value is -3.29. The molecule has 0 aliphatic heterocycles. The fraction of sp³-hybridized carbons (Fsp3) is 0.125. The number of rotatable bonds is 3. The third-order valence-corrected chi connectivity index (χ3v) is 3.61. The maximum Gasteiger partial charge on any atom is 0.329 e. The number of pyridine rings is 1. The van der Waals surface area contributed by atoms with E-state index in [0.717, 1.165) is 18.2 Å². The number of hydrogen-bond donors (Lipinski definition) is 2. The van der Waals surface area contributed by atoms with E-state index in [1.165, 1.54) is 16.8 Å². The van der Waals surface area contributed by atoms with E-state index < -0.39 is 22.8 Å². The predicted molar refractivity (Wildman–Crippen MR) is 83.8 cm³/mol. The summed E-state index contributed by atoms with van der Waals surface area (Å²) in [4.78, 5) is 42.3. The van der Waals surface area contributed by atoms with Crippen LogP contribution in [-0.2, 0) is 6.54 Å². The second-order valence-corrected chi connectivity index (χ2v) is 5.09. The highest BCUT2D eigenvalue weighted by molar-refractivity contribution is 6.11. The topological polar surface area (TPSA) is 105 Å². The number of fused-ring (bicyclic) bond motifs is 1. The fourth-order valence-electron chi connectivity index (χ4n) is 2.43. The number of aromatic hydroxyl groups is 1. The molecule has 3 rings (SSSR count). The second kappa shape index (κ2) is 5.73. The Labute approximate surface area is 134 Å². The van der Waals surface area contributed by atoms with Gasteiger partial charge in [-0.1, -0.05) is 0 Å². The van der Waals surface area contributed by atoms with Gasteiger partial charge in [-0.3, -0.25) is 19.1 Å². The molecule has 0 saturated carbocycles. The molecular weight excluding hydrogens is 317 g/mol. The summed E-state index contributed by atoms with van der Waals surface area (Å²) in [5.74, 6) is -1.74. The standard InChI is InChI=1S/C16H12FN3O4/c1-2-20-14-11(15(23)19-16(20)24)5-8(7-18-14)13(22)10-6-9(17)3-4-12(10)21/h3-7,21H,2H2,1H3,(H,19,23,24). The molecule has 0 amide bonds. The molecule has 0 aliphatic carbocycles. The Morgan fingerprint density at radius 3 is 2.79 bits per heavy atom. The summed E-state index contributed by atoms with van der Waals surface area (Å²) in [7, 11) is 0. The van der Waals surface area contributed by atoms with Crippen LogP contribution in [0.4, 0.5) is 4.39 Å². The summed E-state index contributed by atoms with van der Waals surface area (Å²) in [5, 5.41) is 9.79. The van der Waals surface area contributed by atoms with Gasteiger partial charge in [0.15, 0.2) is 5.78 Å². The minimum Gasteiger partial charge on any atom is -0.507 e. The third kappa shape index (κ3) is 2.47. The van der Waals surface area contributed by atoms with Crippen molar-refractivity contribution in [3.8, 4) is 5.75 Å². The van der Waals surface area contributed by atoms with Gasteiger partial charge in [-0.05, 0) is 31.2 Å². The Morgan fingerprint density at radius 1 is 1.33 bits per heavy atom. The molecule has 0 aliphatic rings. The first-order valence-electron chi connectivity index (χ1n) is 7.08. The number of carbonyl (C=O) groups excluding carboxylic acids is 1. The number of aromatic nitrogens is 3. The number of phenols is 1. The van der Waals surface area contributed by atoms with Crippen molar-refractivity contribution in [2.45, 2.75) is 13.5 Å². The lowest BCUT2D eigenvalue weighted by Gasteiger charge is -2.08. The van der Waals surface area contributed by atoms with Gasteiger partial charge in [-0.2, -0.15) is 0 Å². The number of H-pyrrole nitrogens is 1. The lowest BCUT2D eigenvalue weighted by molar-refractivity contribution is 0.103. The van der Waals surface area contributed by atoms with E-state index in [-0.39, 0.29) is 34.5 Å². The zero-order valence-electron chi connectivity index (χ0n) is 12.5. The zero-order chi connectivity index (χ0) is 17.4. The fourth-order valence-corrected chi connectivity index (χ4v) is 2.43. The van der Waals surface area contributed by atoms with E-state index in [9.17, 15) is 23.9 Å². The van der Waals surface area contributed by atoms with Gasteiger partial charge in [0.1, 0.15) is 17.2 Å². The lowest BCUT2D eigenvalue weighted by Crippen LogP contribution is -2.30. The highest BCUT2D eigenvalue weighted by Crippen LogP contribution is 2.22. The van der Waals surface area contributed by atoms with Gasteiger partial charge in [-0.25, -0.2) is 14.2 Å². The van der Waals surface area contributed by atoms with Crippen molar-refractivity contribution < 1.29 is 14.3 Å². The van der Waals surface area contributed by atoms with Crippen LogP contribution in [0.2, 0.25) is 0 Å². The molecule has 1 aromatic carbocycles. The molecule has 24 heavy (non-hydrogen) atoms. The number of nitrogens with one attached hydrogen (secondary N) is 1. The van der Waals surface area contributed by atoms with Crippen molar-refractivity contribution in [2.75, 3.05) is 0 Å². The number of halogens is 1. The largest absolute Gasteiger partial charge is 0.507 e. The minimum absolute atomic E-state index is 0.00444. The second-order valence-electron chi connectivity index (χ2n) is 5.09. The summed E-state index contributed by atoms with van der Waals surface area (Å²) in [6.07, 6.45) is 1.18. The first-order chi connectivity index (χ1) is 11.4. The SMILES string of the molecule is CCn1c(=O)[nH]c(=O)c2cc(C(=O)c3cc(F)ccc3O)cnc21. The maximum absolute atomic E-state index is 13.3. The molecule has 3 aromatic rings. The van der Waals surface area contributed by atoms with Crippen LogP contribution >= 0.6 is 0 Å². The first-order valence-corrected chi connectivity index (χ1v) is 7.08. The van der Waals surface area contributed by atoms with Crippen molar-refractivity contribution in [2.24, 2.45) is 0 Å². The number of hydrogen-bond acceptors (Lipinski definition) is 5. The average molecular weight is 329 g/mol. The van der Waals surface area contributed by atoms with Crippen LogP contribution < -0.4 is 11.2 Å². The van der Waals surface area contributed by atoms with Crippen molar-refractivity contribution in [1.82, 2.24) is 14.5 Å². The Bertz CT molecular complexity index is 1080. The van der Waals surface area contributed by atoms with Crippen LogP contribution in [0.25, 0.3) is 11.0 Å². The zero-order valence-corrected chi connectivity index (χ0v) is 12.5. The summed E-state index contributed by atoms with van der Waals surface area (Å²) < 4.78 is 14.6.